The predicted molar refractivity (Wildman–Crippen MR) is 64.5 cm³/mol. The average molecular weight is 248 g/mol. The highest BCUT2D eigenvalue weighted by atomic mass is 19.3. The number of rotatable bonds is 3. The number of halogens is 2. The first-order valence-electron chi connectivity index (χ1n) is 6.42. The molecule has 17 heavy (non-hydrogen) atoms. The first kappa shape index (κ1) is 14.4. The van der Waals surface area contributed by atoms with Crippen LogP contribution in [0.1, 0.15) is 46.0 Å². The van der Waals surface area contributed by atoms with Crippen molar-refractivity contribution in [3.8, 4) is 0 Å². The van der Waals surface area contributed by atoms with Gasteiger partial charge in [-0.05, 0) is 25.7 Å². The second kappa shape index (κ2) is 6.89. The molecule has 0 aromatic rings. The maximum absolute atomic E-state index is 12.0. The van der Waals surface area contributed by atoms with E-state index in [0.717, 1.165) is 32.1 Å². The quantitative estimate of drug-likeness (QED) is 0.833. The van der Waals surface area contributed by atoms with E-state index in [-0.39, 0.29) is 18.2 Å². The number of alkyl halides is 2. The fourth-order valence-corrected chi connectivity index (χ4v) is 2.29. The molecule has 2 rings (SSSR count). The Labute approximate surface area is 102 Å². The molecule has 0 aromatic heterocycles. The third-order valence-electron chi connectivity index (χ3n) is 3.24. The average Bonchev–Trinajstić information content (AvgIpc) is 2.80. The van der Waals surface area contributed by atoms with E-state index >= 15 is 0 Å². The standard InChI is InChI=1S/C10H16F2N2O.C2H6/c11-9(12)7-13-8-1-3-10(4-2-8)5-6-14-15-10;1-2/h6,8-9,13H,1-5,7H2;1-2H3. The van der Waals surface area contributed by atoms with Crippen LogP contribution in [-0.4, -0.2) is 30.8 Å². The Bertz CT molecular complexity index is 229. The van der Waals surface area contributed by atoms with Crippen LogP contribution < -0.4 is 5.32 Å². The number of nitrogens with zero attached hydrogens (tertiary/aromatic N) is 1. The summed E-state index contributed by atoms with van der Waals surface area (Å²) in [6.07, 6.45) is 4.03. The molecule has 1 spiro atoms. The Balaban J connectivity index is 0.000000686. The molecule has 1 saturated carbocycles. The van der Waals surface area contributed by atoms with E-state index in [1.54, 1.807) is 6.21 Å². The van der Waals surface area contributed by atoms with Gasteiger partial charge in [0.25, 0.3) is 6.43 Å². The number of hydrogen-bond acceptors (Lipinski definition) is 3. The minimum atomic E-state index is -2.26. The number of oxime groups is 1. The van der Waals surface area contributed by atoms with Crippen molar-refractivity contribution in [2.75, 3.05) is 6.54 Å². The second-order valence-corrected chi connectivity index (χ2v) is 4.34. The maximum Gasteiger partial charge on any atom is 0.250 e. The van der Waals surface area contributed by atoms with Crippen LogP contribution in [-0.2, 0) is 4.84 Å². The van der Waals surface area contributed by atoms with E-state index < -0.39 is 6.43 Å². The van der Waals surface area contributed by atoms with Gasteiger partial charge in [0.1, 0.15) is 5.60 Å². The highest BCUT2D eigenvalue weighted by Crippen LogP contribution is 2.36. The summed E-state index contributed by atoms with van der Waals surface area (Å²) in [6, 6.07) is 0.217. The second-order valence-electron chi connectivity index (χ2n) is 4.34. The molecule has 0 saturated heterocycles. The van der Waals surface area contributed by atoms with Gasteiger partial charge in [0.15, 0.2) is 0 Å². The fraction of sp³-hybridized carbons (Fsp3) is 0.917. The van der Waals surface area contributed by atoms with Crippen molar-refractivity contribution in [2.24, 2.45) is 5.16 Å². The molecule has 3 nitrogen and oxygen atoms in total. The van der Waals surface area contributed by atoms with E-state index in [9.17, 15) is 8.78 Å². The molecule has 2 aliphatic rings. The third kappa shape index (κ3) is 4.22. The van der Waals surface area contributed by atoms with Gasteiger partial charge in [0, 0.05) is 18.7 Å². The third-order valence-corrected chi connectivity index (χ3v) is 3.24. The van der Waals surface area contributed by atoms with Gasteiger partial charge in [-0.1, -0.05) is 19.0 Å². The minimum Gasteiger partial charge on any atom is -0.389 e. The van der Waals surface area contributed by atoms with Crippen molar-refractivity contribution in [3.05, 3.63) is 0 Å². The lowest BCUT2D eigenvalue weighted by atomic mass is 9.80. The van der Waals surface area contributed by atoms with Crippen molar-refractivity contribution in [2.45, 2.75) is 64.0 Å². The summed E-state index contributed by atoms with van der Waals surface area (Å²) >= 11 is 0. The highest BCUT2D eigenvalue weighted by Gasteiger charge is 2.39. The lowest BCUT2D eigenvalue weighted by Gasteiger charge is -2.35. The highest BCUT2D eigenvalue weighted by molar-refractivity contribution is 5.59. The van der Waals surface area contributed by atoms with Crippen LogP contribution in [0.25, 0.3) is 0 Å². The lowest BCUT2D eigenvalue weighted by molar-refractivity contribution is -0.0506. The molecule has 1 fully saturated rings. The molecule has 1 aliphatic heterocycles. The van der Waals surface area contributed by atoms with Crippen molar-refractivity contribution in [1.29, 1.82) is 0 Å². The van der Waals surface area contributed by atoms with Gasteiger partial charge in [-0.15, -0.1) is 0 Å². The number of nitrogens with one attached hydrogen (secondary N) is 1. The maximum atomic E-state index is 12.0. The molecule has 0 radical (unpaired) electrons. The minimum absolute atomic E-state index is 0.108. The molecular weight excluding hydrogens is 226 g/mol. The molecule has 0 amide bonds. The molecule has 1 heterocycles. The SMILES string of the molecule is CC.FC(F)CNC1CCC2(CC=NO2)CC1. The first-order chi connectivity index (χ1) is 8.20. The van der Waals surface area contributed by atoms with Crippen LogP contribution in [0.4, 0.5) is 8.78 Å². The molecule has 1 aliphatic carbocycles. The van der Waals surface area contributed by atoms with E-state index in [4.69, 9.17) is 4.84 Å². The van der Waals surface area contributed by atoms with Gasteiger partial charge in [-0.3, -0.25) is 0 Å². The summed E-state index contributed by atoms with van der Waals surface area (Å²) in [4.78, 5) is 5.35. The summed E-state index contributed by atoms with van der Waals surface area (Å²) in [6.45, 7) is 3.80. The zero-order valence-electron chi connectivity index (χ0n) is 10.6. The van der Waals surface area contributed by atoms with Crippen LogP contribution in [0.3, 0.4) is 0 Å². The first-order valence-corrected chi connectivity index (χ1v) is 6.42. The summed E-state index contributed by atoms with van der Waals surface area (Å²) < 4.78 is 24.0. The van der Waals surface area contributed by atoms with E-state index in [1.807, 2.05) is 13.8 Å². The smallest absolute Gasteiger partial charge is 0.250 e. The summed E-state index contributed by atoms with van der Waals surface area (Å²) in [7, 11) is 0. The van der Waals surface area contributed by atoms with E-state index in [1.165, 1.54) is 0 Å². The Morgan fingerprint density at radius 2 is 2.06 bits per heavy atom. The Kier molecular flexibility index (Phi) is 5.82. The number of hydrogen-bond donors (Lipinski definition) is 1. The van der Waals surface area contributed by atoms with Crippen LogP contribution >= 0.6 is 0 Å². The fourth-order valence-electron chi connectivity index (χ4n) is 2.29. The van der Waals surface area contributed by atoms with Crippen LogP contribution in [0, 0.1) is 0 Å². The van der Waals surface area contributed by atoms with Gasteiger partial charge in [-0.2, -0.15) is 0 Å². The molecule has 0 bridgehead atoms. The molecule has 100 valence electrons. The van der Waals surface area contributed by atoms with Crippen LogP contribution in [0.5, 0.6) is 0 Å². The zero-order chi connectivity index (χ0) is 12.7. The normalized spacial score (nSPS) is 31.2. The summed E-state index contributed by atoms with van der Waals surface area (Å²) in [5.41, 5.74) is -0.108. The van der Waals surface area contributed by atoms with Gasteiger partial charge in [-0.25, -0.2) is 8.78 Å². The van der Waals surface area contributed by atoms with Crippen molar-refractivity contribution in [1.82, 2.24) is 5.32 Å². The molecular formula is C12H22F2N2O. The topological polar surface area (TPSA) is 33.6 Å². The van der Waals surface area contributed by atoms with Gasteiger partial charge in [0.2, 0.25) is 0 Å². The molecule has 0 unspecified atom stereocenters. The monoisotopic (exact) mass is 248 g/mol. The van der Waals surface area contributed by atoms with E-state index in [2.05, 4.69) is 10.5 Å². The molecule has 0 aromatic carbocycles. The van der Waals surface area contributed by atoms with Crippen molar-refractivity contribution < 1.29 is 13.6 Å². The van der Waals surface area contributed by atoms with Crippen LogP contribution in [0.15, 0.2) is 5.16 Å². The zero-order valence-corrected chi connectivity index (χ0v) is 10.6. The predicted octanol–water partition coefficient (Wildman–Crippen LogP) is 2.95. The van der Waals surface area contributed by atoms with E-state index in [0.29, 0.717) is 0 Å². The Morgan fingerprint density at radius 3 is 2.53 bits per heavy atom. The molecule has 1 N–H and O–H groups in total. The largest absolute Gasteiger partial charge is 0.389 e. The lowest BCUT2D eigenvalue weighted by Crippen LogP contribution is -2.42. The Morgan fingerprint density at radius 1 is 1.41 bits per heavy atom. The Hall–Kier alpha value is -0.710. The van der Waals surface area contributed by atoms with Crippen LogP contribution in [0.2, 0.25) is 0 Å². The molecule has 5 heteroatoms. The summed E-state index contributed by atoms with van der Waals surface area (Å²) in [5.74, 6) is 0. The van der Waals surface area contributed by atoms with Gasteiger partial charge < -0.3 is 10.2 Å². The molecule has 0 atom stereocenters. The summed E-state index contributed by atoms with van der Waals surface area (Å²) in [5, 5.41) is 6.68. The van der Waals surface area contributed by atoms with Crippen molar-refractivity contribution in [3.63, 3.8) is 0 Å². The van der Waals surface area contributed by atoms with Gasteiger partial charge >= 0.3 is 0 Å². The van der Waals surface area contributed by atoms with Gasteiger partial charge in [0.05, 0.1) is 6.54 Å². The van der Waals surface area contributed by atoms with Crippen molar-refractivity contribution >= 4 is 6.21 Å².